The van der Waals surface area contributed by atoms with Crippen LogP contribution < -0.4 is 5.73 Å². The average Bonchev–Trinajstić information content (AvgIpc) is 2.42. The molecule has 1 amide bonds. The lowest BCUT2D eigenvalue weighted by atomic mass is 10.2. The number of ether oxygens (including phenoxy) is 1. The van der Waals surface area contributed by atoms with Crippen LogP contribution in [0.2, 0.25) is 5.02 Å². The summed E-state index contributed by atoms with van der Waals surface area (Å²) in [5.74, 6) is -0.813. The third-order valence-electron chi connectivity index (χ3n) is 2.94. The summed E-state index contributed by atoms with van der Waals surface area (Å²) in [7, 11) is 0. The Morgan fingerprint density at radius 3 is 2.45 bits per heavy atom. The molecule has 0 heterocycles. The van der Waals surface area contributed by atoms with E-state index in [-0.39, 0.29) is 11.5 Å². The van der Waals surface area contributed by atoms with Crippen LogP contribution in [0.15, 0.2) is 18.2 Å². The third kappa shape index (κ3) is 3.87. The van der Waals surface area contributed by atoms with Crippen molar-refractivity contribution in [2.45, 2.75) is 26.9 Å². The lowest BCUT2D eigenvalue weighted by Gasteiger charge is -2.22. The number of halogens is 1. The molecule has 110 valence electrons. The highest BCUT2D eigenvalue weighted by Crippen LogP contribution is 2.20. The van der Waals surface area contributed by atoms with E-state index in [1.807, 2.05) is 13.8 Å². The summed E-state index contributed by atoms with van der Waals surface area (Å²) in [5.41, 5.74) is 6.19. The number of amides is 1. The highest BCUT2D eigenvalue weighted by atomic mass is 35.5. The standard InChI is InChI=1S/C14H19ClN2O3/c1-4-17(5-2)13(18)9(3)20-14(19)10-6-7-11(15)12(16)8-10/h6-9H,4-5,16H2,1-3H3. The molecule has 5 nitrogen and oxygen atoms in total. The molecule has 0 aliphatic heterocycles. The monoisotopic (exact) mass is 298 g/mol. The van der Waals surface area contributed by atoms with Crippen molar-refractivity contribution in [3.8, 4) is 0 Å². The Bertz CT molecular complexity index is 501. The number of nitrogen functional groups attached to an aromatic ring is 1. The normalized spacial score (nSPS) is 11.8. The number of carbonyl (C=O) groups is 2. The fourth-order valence-electron chi connectivity index (χ4n) is 1.74. The van der Waals surface area contributed by atoms with Crippen LogP contribution >= 0.6 is 11.6 Å². The summed E-state index contributed by atoms with van der Waals surface area (Å²) in [6.07, 6.45) is -0.834. The molecule has 0 saturated heterocycles. The Balaban J connectivity index is 2.74. The molecule has 0 aromatic heterocycles. The van der Waals surface area contributed by atoms with Crippen LogP contribution in [-0.4, -0.2) is 36.0 Å². The molecule has 6 heteroatoms. The van der Waals surface area contributed by atoms with Crippen LogP contribution in [0.3, 0.4) is 0 Å². The van der Waals surface area contributed by atoms with Gasteiger partial charge in [-0.05, 0) is 39.0 Å². The van der Waals surface area contributed by atoms with Crippen LogP contribution in [0.5, 0.6) is 0 Å². The molecule has 0 aliphatic rings. The number of hydrogen-bond acceptors (Lipinski definition) is 4. The highest BCUT2D eigenvalue weighted by molar-refractivity contribution is 6.33. The zero-order valence-corrected chi connectivity index (χ0v) is 12.6. The van der Waals surface area contributed by atoms with Gasteiger partial charge in [0, 0.05) is 13.1 Å². The highest BCUT2D eigenvalue weighted by Gasteiger charge is 2.22. The number of hydrogen-bond donors (Lipinski definition) is 1. The Morgan fingerprint density at radius 1 is 1.35 bits per heavy atom. The Morgan fingerprint density at radius 2 is 1.95 bits per heavy atom. The fraction of sp³-hybridized carbons (Fsp3) is 0.429. The van der Waals surface area contributed by atoms with Gasteiger partial charge in [0.15, 0.2) is 6.10 Å². The SMILES string of the molecule is CCN(CC)C(=O)C(C)OC(=O)c1ccc(Cl)c(N)c1. The van der Waals surface area contributed by atoms with Crippen molar-refractivity contribution in [3.05, 3.63) is 28.8 Å². The van der Waals surface area contributed by atoms with E-state index in [0.29, 0.717) is 23.8 Å². The number of rotatable bonds is 5. The summed E-state index contributed by atoms with van der Waals surface area (Å²) in [6.45, 7) is 6.44. The molecule has 20 heavy (non-hydrogen) atoms. The van der Waals surface area contributed by atoms with Gasteiger partial charge in [-0.15, -0.1) is 0 Å². The van der Waals surface area contributed by atoms with E-state index in [2.05, 4.69) is 0 Å². The molecular formula is C14H19ClN2O3. The van der Waals surface area contributed by atoms with Crippen molar-refractivity contribution in [2.75, 3.05) is 18.8 Å². The number of esters is 1. The molecule has 0 saturated carbocycles. The molecule has 2 N–H and O–H groups in total. The average molecular weight is 299 g/mol. The van der Waals surface area contributed by atoms with Gasteiger partial charge in [-0.1, -0.05) is 11.6 Å². The first-order chi connectivity index (χ1) is 9.40. The molecule has 0 fully saturated rings. The fourth-order valence-corrected chi connectivity index (χ4v) is 1.86. The number of nitrogens with zero attached hydrogens (tertiary/aromatic N) is 1. The van der Waals surface area contributed by atoms with E-state index in [1.165, 1.54) is 18.2 Å². The number of nitrogens with two attached hydrogens (primary N) is 1. The van der Waals surface area contributed by atoms with Crippen molar-refractivity contribution in [3.63, 3.8) is 0 Å². The van der Waals surface area contributed by atoms with Crippen LogP contribution in [0.25, 0.3) is 0 Å². The second-order valence-corrected chi connectivity index (χ2v) is 4.70. The van der Waals surface area contributed by atoms with Gasteiger partial charge in [0.2, 0.25) is 0 Å². The Hall–Kier alpha value is -1.75. The van der Waals surface area contributed by atoms with Crippen molar-refractivity contribution in [1.82, 2.24) is 4.90 Å². The van der Waals surface area contributed by atoms with Crippen molar-refractivity contribution >= 4 is 29.2 Å². The number of benzene rings is 1. The molecule has 1 aromatic carbocycles. The van der Waals surface area contributed by atoms with Gasteiger partial charge in [0.25, 0.3) is 5.91 Å². The van der Waals surface area contributed by atoms with Gasteiger partial charge in [-0.2, -0.15) is 0 Å². The van der Waals surface area contributed by atoms with E-state index in [1.54, 1.807) is 11.8 Å². The first-order valence-corrected chi connectivity index (χ1v) is 6.83. The molecular weight excluding hydrogens is 280 g/mol. The summed E-state index contributed by atoms with van der Waals surface area (Å²) in [6, 6.07) is 4.46. The molecule has 1 atom stereocenters. The van der Waals surface area contributed by atoms with Gasteiger partial charge >= 0.3 is 5.97 Å². The molecule has 1 unspecified atom stereocenters. The summed E-state index contributed by atoms with van der Waals surface area (Å²) in [4.78, 5) is 25.5. The summed E-state index contributed by atoms with van der Waals surface area (Å²) < 4.78 is 5.15. The quantitative estimate of drug-likeness (QED) is 0.669. The van der Waals surface area contributed by atoms with Gasteiger partial charge in [-0.25, -0.2) is 4.79 Å². The molecule has 1 aromatic rings. The van der Waals surface area contributed by atoms with Gasteiger partial charge in [0.1, 0.15) is 0 Å². The molecule has 0 radical (unpaired) electrons. The van der Waals surface area contributed by atoms with E-state index < -0.39 is 12.1 Å². The minimum Gasteiger partial charge on any atom is -0.449 e. The zero-order valence-electron chi connectivity index (χ0n) is 11.9. The van der Waals surface area contributed by atoms with E-state index in [9.17, 15) is 9.59 Å². The van der Waals surface area contributed by atoms with Crippen molar-refractivity contribution in [1.29, 1.82) is 0 Å². The van der Waals surface area contributed by atoms with E-state index >= 15 is 0 Å². The van der Waals surface area contributed by atoms with Crippen LogP contribution in [0, 0.1) is 0 Å². The maximum atomic E-state index is 12.0. The first kappa shape index (κ1) is 16.3. The lowest BCUT2D eigenvalue weighted by Crippen LogP contribution is -2.39. The second kappa shape index (κ2) is 7.14. The van der Waals surface area contributed by atoms with E-state index in [0.717, 1.165) is 0 Å². The zero-order chi connectivity index (χ0) is 15.3. The number of likely N-dealkylation sites (N-methyl/N-ethyl adjacent to an activating group) is 1. The summed E-state index contributed by atoms with van der Waals surface area (Å²) in [5, 5.41) is 0.369. The second-order valence-electron chi connectivity index (χ2n) is 4.29. The smallest absolute Gasteiger partial charge is 0.338 e. The van der Waals surface area contributed by atoms with Crippen LogP contribution in [0.4, 0.5) is 5.69 Å². The van der Waals surface area contributed by atoms with Crippen LogP contribution in [-0.2, 0) is 9.53 Å². The third-order valence-corrected chi connectivity index (χ3v) is 3.28. The predicted octanol–water partition coefficient (Wildman–Crippen LogP) is 2.34. The molecule has 0 spiro atoms. The van der Waals surface area contributed by atoms with E-state index in [4.69, 9.17) is 22.1 Å². The van der Waals surface area contributed by atoms with Crippen molar-refractivity contribution in [2.24, 2.45) is 0 Å². The van der Waals surface area contributed by atoms with Crippen LogP contribution in [0.1, 0.15) is 31.1 Å². The molecule has 0 bridgehead atoms. The number of anilines is 1. The Kier molecular flexibility index (Phi) is 5.82. The lowest BCUT2D eigenvalue weighted by molar-refractivity contribution is -0.139. The number of carbonyl (C=O) groups excluding carboxylic acids is 2. The topological polar surface area (TPSA) is 72.6 Å². The molecule has 0 aliphatic carbocycles. The first-order valence-electron chi connectivity index (χ1n) is 6.45. The van der Waals surface area contributed by atoms with Gasteiger partial charge in [0.05, 0.1) is 16.3 Å². The Labute approximate surface area is 123 Å². The van der Waals surface area contributed by atoms with Gasteiger partial charge < -0.3 is 15.4 Å². The molecule has 1 rings (SSSR count). The largest absolute Gasteiger partial charge is 0.449 e. The maximum absolute atomic E-state index is 12.0. The maximum Gasteiger partial charge on any atom is 0.338 e. The minimum absolute atomic E-state index is 0.217. The minimum atomic E-state index is -0.834. The predicted molar refractivity (Wildman–Crippen MR) is 78.7 cm³/mol. The summed E-state index contributed by atoms with van der Waals surface area (Å²) >= 11 is 5.78. The van der Waals surface area contributed by atoms with Gasteiger partial charge in [-0.3, -0.25) is 4.79 Å². The van der Waals surface area contributed by atoms with Crippen molar-refractivity contribution < 1.29 is 14.3 Å².